The predicted molar refractivity (Wildman–Crippen MR) is 69.9 cm³/mol. The number of hydrogen-bond donors (Lipinski definition) is 1. The Bertz CT molecular complexity index is 276. The summed E-state index contributed by atoms with van der Waals surface area (Å²) in [5, 5.41) is 10.4. The summed E-state index contributed by atoms with van der Waals surface area (Å²) < 4.78 is 5.27. The Kier molecular flexibility index (Phi) is 5.88. The van der Waals surface area contributed by atoms with E-state index >= 15 is 0 Å². The first-order chi connectivity index (χ1) is 9.27. The lowest BCUT2D eigenvalue weighted by Crippen LogP contribution is -2.43. The molecule has 2 rings (SSSR count). The van der Waals surface area contributed by atoms with Gasteiger partial charge in [-0.25, -0.2) is 4.79 Å². The van der Waals surface area contributed by atoms with Gasteiger partial charge in [0, 0.05) is 19.6 Å². The predicted octanol–water partition coefficient (Wildman–Crippen LogP) is 1.56. The summed E-state index contributed by atoms with van der Waals surface area (Å²) in [4.78, 5) is 19.0. The van der Waals surface area contributed by atoms with Crippen molar-refractivity contribution in [3.05, 3.63) is 0 Å². The van der Waals surface area contributed by atoms with Gasteiger partial charge in [0.25, 0.3) is 0 Å². The molecule has 2 fully saturated rings. The van der Waals surface area contributed by atoms with Crippen LogP contribution in [0.4, 0.5) is 4.79 Å². The molecule has 0 radical (unpaired) electrons. The van der Waals surface area contributed by atoms with Crippen LogP contribution in [0.2, 0.25) is 0 Å². The van der Waals surface area contributed by atoms with E-state index in [0.29, 0.717) is 6.61 Å². The van der Waals surface area contributed by atoms with E-state index in [1.54, 1.807) is 0 Å². The van der Waals surface area contributed by atoms with Gasteiger partial charge in [-0.05, 0) is 12.8 Å². The van der Waals surface area contributed by atoms with Gasteiger partial charge in [-0.2, -0.15) is 5.06 Å². The molecule has 6 nitrogen and oxygen atoms in total. The highest BCUT2D eigenvalue weighted by Crippen LogP contribution is 2.22. The zero-order valence-electron chi connectivity index (χ0n) is 11.4. The summed E-state index contributed by atoms with van der Waals surface area (Å²) in [6, 6.07) is 0.0379. The van der Waals surface area contributed by atoms with E-state index in [1.165, 1.54) is 11.5 Å². The Morgan fingerprint density at radius 2 is 1.95 bits per heavy atom. The molecule has 0 aromatic heterocycles. The van der Waals surface area contributed by atoms with Crippen LogP contribution in [-0.2, 0) is 9.57 Å². The van der Waals surface area contributed by atoms with E-state index in [9.17, 15) is 9.90 Å². The smallest absolute Gasteiger partial charge is 0.431 e. The molecule has 1 N–H and O–H groups in total. The quantitative estimate of drug-likeness (QED) is 0.770. The summed E-state index contributed by atoms with van der Waals surface area (Å²) in [6.45, 7) is 4.51. The Hall–Kier alpha value is -0.850. The lowest BCUT2D eigenvalue weighted by Gasteiger charge is -2.32. The van der Waals surface area contributed by atoms with Crippen molar-refractivity contribution in [1.82, 2.24) is 9.96 Å². The van der Waals surface area contributed by atoms with Gasteiger partial charge in [0.15, 0.2) is 0 Å². The van der Waals surface area contributed by atoms with Crippen LogP contribution in [0.5, 0.6) is 0 Å². The van der Waals surface area contributed by atoms with Crippen molar-refractivity contribution >= 4 is 6.09 Å². The van der Waals surface area contributed by atoms with Crippen LogP contribution in [0.3, 0.4) is 0 Å². The van der Waals surface area contributed by atoms with Crippen LogP contribution in [0.15, 0.2) is 0 Å². The highest BCUT2D eigenvalue weighted by Gasteiger charge is 2.26. The number of carboxylic acid groups (broad SMARTS) is 1. The van der Waals surface area contributed by atoms with Gasteiger partial charge in [-0.15, -0.1) is 0 Å². The van der Waals surface area contributed by atoms with Gasteiger partial charge >= 0.3 is 6.09 Å². The van der Waals surface area contributed by atoms with E-state index in [1.807, 2.05) is 0 Å². The van der Waals surface area contributed by atoms with Crippen molar-refractivity contribution in [3.63, 3.8) is 0 Å². The van der Waals surface area contributed by atoms with Crippen LogP contribution in [0.25, 0.3) is 0 Å². The van der Waals surface area contributed by atoms with Crippen LogP contribution in [0, 0.1) is 0 Å². The van der Waals surface area contributed by atoms with Crippen molar-refractivity contribution in [2.45, 2.75) is 38.1 Å². The zero-order valence-corrected chi connectivity index (χ0v) is 11.4. The van der Waals surface area contributed by atoms with E-state index in [4.69, 9.17) is 9.57 Å². The summed E-state index contributed by atoms with van der Waals surface area (Å²) in [5.41, 5.74) is 0. The molecule has 0 atom stereocenters. The third kappa shape index (κ3) is 4.63. The second kappa shape index (κ2) is 7.67. The molecule has 0 unspecified atom stereocenters. The molecule has 19 heavy (non-hydrogen) atoms. The van der Waals surface area contributed by atoms with Gasteiger partial charge in [0.05, 0.1) is 25.9 Å². The standard InChI is InChI=1S/C13H24N2O4/c16-13(17)15(12-4-2-1-3-5-12)19-11-8-14-6-9-18-10-7-14/h12H,1-11H2,(H,16,17). The molecule has 1 heterocycles. The minimum atomic E-state index is -0.964. The molecule has 0 aromatic rings. The molecule has 0 bridgehead atoms. The fraction of sp³-hybridized carbons (Fsp3) is 0.923. The van der Waals surface area contributed by atoms with Crippen LogP contribution in [0.1, 0.15) is 32.1 Å². The minimum absolute atomic E-state index is 0.0379. The first-order valence-electron chi connectivity index (χ1n) is 7.22. The fourth-order valence-electron chi connectivity index (χ4n) is 2.73. The topological polar surface area (TPSA) is 62.2 Å². The van der Waals surface area contributed by atoms with Crippen LogP contribution < -0.4 is 0 Å². The molecule has 0 aromatic carbocycles. The number of hydroxylamine groups is 2. The molecule has 2 aliphatic rings. The van der Waals surface area contributed by atoms with Gasteiger partial charge in [-0.3, -0.25) is 9.74 Å². The van der Waals surface area contributed by atoms with Gasteiger partial charge < -0.3 is 9.84 Å². The monoisotopic (exact) mass is 272 g/mol. The van der Waals surface area contributed by atoms with Crippen molar-refractivity contribution in [2.24, 2.45) is 0 Å². The summed E-state index contributed by atoms with van der Waals surface area (Å²) >= 11 is 0. The first-order valence-corrected chi connectivity index (χ1v) is 7.22. The van der Waals surface area contributed by atoms with E-state index in [2.05, 4.69) is 4.90 Å². The SMILES string of the molecule is O=C(O)N(OCCN1CCOCC1)C1CCCCC1. The molecule has 1 aliphatic carbocycles. The highest BCUT2D eigenvalue weighted by atomic mass is 16.7. The molecule has 0 spiro atoms. The highest BCUT2D eigenvalue weighted by molar-refractivity contribution is 5.64. The first kappa shape index (κ1) is 14.6. The largest absolute Gasteiger partial charge is 0.463 e. The lowest BCUT2D eigenvalue weighted by molar-refractivity contribution is -0.166. The second-order valence-corrected chi connectivity index (χ2v) is 5.19. The number of rotatable bonds is 5. The van der Waals surface area contributed by atoms with Gasteiger partial charge in [0.2, 0.25) is 0 Å². The number of ether oxygens (including phenoxy) is 1. The normalized spacial score (nSPS) is 22.3. The molecule has 1 amide bonds. The maximum atomic E-state index is 11.2. The molecule has 1 aliphatic heterocycles. The Balaban J connectivity index is 1.71. The molecular formula is C13H24N2O4. The summed E-state index contributed by atoms with van der Waals surface area (Å²) in [7, 11) is 0. The Morgan fingerprint density at radius 1 is 1.26 bits per heavy atom. The Labute approximate surface area is 114 Å². The Morgan fingerprint density at radius 3 is 2.58 bits per heavy atom. The maximum absolute atomic E-state index is 11.2. The maximum Gasteiger partial charge on any atom is 0.431 e. The van der Waals surface area contributed by atoms with E-state index in [0.717, 1.165) is 58.5 Å². The van der Waals surface area contributed by atoms with Crippen LogP contribution >= 0.6 is 0 Å². The molecule has 1 saturated heterocycles. The number of nitrogens with zero attached hydrogens (tertiary/aromatic N) is 2. The molecule has 6 heteroatoms. The van der Waals surface area contributed by atoms with E-state index < -0.39 is 6.09 Å². The fourth-order valence-corrected chi connectivity index (χ4v) is 2.73. The molecule has 110 valence electrons. The minimum Gasteiger partial charge on any atom is -0.463 e. The number of morpholine rings is 1. The number of hydrogen-bond acceptors (Lipinski definition) is 4. The lowest BCUT2D eigenvalue weighted by atomic mass is 9.95. The molecule has 1 saturated carbocycles. The number of amides is 1. The molecular weight excluding hydrogens is 248 g/mol. The summed E-state index contributed by atoms with van der Waals surface area (Å²) in [6.07, 6.45) is 4.28. The average molecular weight is 272 g/mol. The number of carbonyl (C=O) groups is 1. The van der Waals surface area contributed by atoms with Crippen molar-refractivity contribution < 1.29 is 19.5 Å². The second-order valence-electron chi connectivity index (χ2n) is 5.19. The van der Waals surface area contributed by atoms with Crippen molar-refractivity contribution in [2.75, 3.05) is 39.5 Å². The third-order valence-electron chi connectivity index (χ3n) is 3.84. The van der Waals surface area contributed by atoms with E-state index in [-0.39, 0.29) is 6.04 Å². The zero-order chi connectivity index (χ0) is 13.5. The van der Waals surface area contributed by atoms with Gasteiger partial charge in [-0.1, -0.05) is 19.3 Å². The van der Waals surface area contributed by atoms with Crippen molar-refractivity contribution in [3.8, 4) is 0 Å². The third-order valence-corrected chi connectivity index (χ3v) is 3.84. The van der Waals surface area contributed by atoms with Gasteiger partial charge in [0.1, 0.15) is 0 Å². The average Bonchev–Trinajstić information content (AvgIpc) is 2.45. The summed E-state index contributed by atoms with van der Waals surface area (Å²) in [5.74, 6) is 0. The van der Waals surface area contributed by atoms with Crippen LogP contribution in [-0.4, -0.2) is 66.7 Å². The van der Waals surface area contributed by atoms with Crippen molar-refractivity contribution in [1.29, 1.82) is 0 Å².